The number of phenols is 1. The summed E-state index contributed by atoms with van der Waals surface area (Å²) in [5.74, 6) is -3.51. The summed E-state index contributed by atoms with van der Waals surface area (Å²) in [6.07, 6.45) is -1.21. The summed E-state index contributed by atoms with van der Waals surface area (Å²) in [6, 6.07) is 16.1. The highest BCUT2D eigenvalue weighted by atomic mass is 16.6. The number of nitrogens with one attached hydrogen (secondary N) is 4. The lowest BCUT2D eigenvalue weighted by Gasteiger charge is -2.24. The standard InChI is InChI=1S/C33H37N5O10/c1-20(34-29(40)21(2)35-33(44)48-19-23-12-8-5-9-13-23)30(41)36-26(16-22-10-6-4-7-11-22)31(42)37-27(32(43)47-3)17-24-14-15-25(39)18-28(24)38(45)46/h4-15,18,20-21,26-27,39H,16-17,19H2,1-3H3,(H,34,40)(H,35,44)(H,36,41)(H,37,42)/t20-,21-,26-,27-/m0/s1. The number of hydrogen-bond donors (Lipinski definition) is 5. The Balaban J connectivity index is 1.68. The molecule has 0 radical (unpaired) electrons. The molecule has 0 heterocycles. The number of nitro benzene ring substituents is 1. The second kappa shape index (κ2) is 17.6. The Bertz CT molecular complexity index is 1600. The Labute approximate surface area is 276 Å². The maximum absolute atomic E-state index is 13.6. The fourth-order valence-electron chi connectivity index (χ4n) is 4.49. The first kappa shape index (κ1) is 36.5. The predicted octanol–water partition coefficient (Wildman–Crippen LogP) is 2.05. The van der Waals surface area contributed by atoms with Gasteiger partial charge in [-0.2, -0.15) is 0 Å². The highest BCUT2D eigenvalue weighted by Crippen LogP contribution is 2.25. The van der Waals surface area contributed by atoms with Gasteiger partial charge in [0.25, 0.3) is 5.69 Å². The van der Waals surface area contributed by atoms with Gasteiger partial charge in [0, 0.05) is 18.4 Å². The summed E-state index contributed by atoms with van der Waals surface area (Å²) in [4.78, 5) is 75.2. The maximum atomic E-state index is 13.6. The zero-order valence-electron chi connectivity index (χ0n) is 26.5. The number of rotatable bonds is 15. The number of methoxy groups -OCH3 is 1. The number of phenolic OH excluding ortho intramolecular Hbond substituents is 1. The third kappa shape index (κ3) is 11.1. The number of hydrogen-bond acceptors (Lipinski definition) is 10. The van der Waals surface area contributed by atoms with Crippen molar-refractivity contribution >= 4 is 35.5 Å². The Kier molecular flexibility index (Phi) is 13.4. The van der Waals surface area contributed by atoms with Crippen LogP contribution >= 0.6 is 0 Å². The molecule has 0 bridgehead atoms. The molecule has 0 fully saturated rings. The lowest BCUT2D eigenvalue weighted by atomic mass is 10.0. The van der Waals surface area contributed by atoms with Gasteiger partial charge in [-0.15, -0.1) is 0 Å². The Hall–Kier alpha value is -5.99. The average molecular weight is 664 g/mol. The molecule has 0 aliphatic rings. The number of esters is 1. The molecule has 0 saturated carbocycles. The van der Waals surface area contributed by atoms with E-state index in [9.17, 15) is 39.2 Å². The van der Waals surface area contributed by atoms with Gasteiger partial charge in [0.05, 0.1) is 18.1 Å². The Morgan fingerprint density at radius 1 is 0.750 bits per heavy atom. The van der Waals surface area contributed by atoms with Crippen LogP contribution in [0.1, 0.15) is 30.5 Å². The maximum Gasteiger partial charge on any atom is 0.408 e. The second-order valence-electron chi connectivity index (χ2n) is 10.8. The molecule has 0 aliphatic heterocycles. The van der Waals surface area contributed by atoms with Gasteiger partial charge in [-0.05, 0) is 37.1 Å². The molecule has 4 amide bonds. The van der Waals surface area contributed by atoms with E-state index in [4.69, 9.17) is 9.47 Å². The molecule has 0 spiro atoms. The summed E-state index contributed by atoms with van der Waals surface area (Å²) in [6.45, 7) is 2.78. The van der Waals surface area contributed by atoms with Crippen LogP contribution in [0, 0.1) is 10.1 Å². The van der Waals surface area contributed by atoms with Crippen LogP contribution in [0.3, 0.4) is 0 Å². The summed E-state index contributed by atoms with van der Waals surface area (Å²) in [5.41, 5.74) is 0.985. The van der Waals surface area contributed by atoms with E-state index < -0.39 is 64.6 Å². The van der Waals surface area contributed by atoms with Crippen molar-refractivity contribution in [2.24, 2.45) is 0 Å². The van der Waals surface area contributed by atoms with E-state index >= 15 is 0 Å². The zero-order valence-corrected chi connectivity index (χ0v) is 26.5. The third-order valence-corrected chi connectivity index (χ3v) is 7.10. The molecular formula is C33H37N5O10. The molecule has 0 unspecified atom stereocenters. The molecule has 0 aliphatic carbocycles. The first-order valence-corrected chi connectivity index (χ1v) is 14.8. The van der Waals surface area contributed by atoms with Crippen molar-refractivity contribution in [3.63, 3.8) is 0 Å². The number of aromatic hydroxyl groups is 1. The normalized spacial score (nSPS) is 13.1. The number of ether oxygens (including phenoxy) is 2. The van der Waals surface area contributed by atoms with E-state index in [0.717, 1.165) is 18.7 Å². The van der Waals surface area contributed by atoms with E-state index in [1.807, 2.05) is 6.07 Å². The first-order valence-electron chi connectivity index (χ1n) is 14.8. The number of nitro groups is 1. The molecular weight excluding hydrogens is 626 g/mol. The van der Waals surface area contributed by atoms with Crippen molar-refractivity contribution in [1.82, 2.24) is 21.3 Å². The number of benzene rings is 3. The lowest BCUT2D eigenvalue weighted by molar-refractivity contribution is -0.385. The largest absolute Gasteiger partial charge is 0.508 e. The van der Waals surface area contributed by atoms with Gasteiger partial charge in [-0.1, -0.05) is 60.7 Å². The van der Waals surface area contributed by atoms with Gasteiger partial charge in [-0.25, -0.2) is 9.59 Å². The molecule has 15 nitrogen and oxygen atoms in total. The molecule has 3 aromatic rings. The van der Waals surface area contributed by atoms with Crippen molar-refractivity contribution in [2.45, 2.75) is 57.5 Å². The Morgan fingerprint density at radius 2 is 1.31 bits per heavy atom. The number of carbonyl (C=O) groups excluding carboxylic acids is 5. The van der Waals surface area contributed by atoms with Crippen LogP contribution in [0.2, 0.25) is 0 Å². The SMILES string of the molecule is COC(=O)[C@H](Cc1ccc(O)cc1[N+](=O)[O-])NC(=O)[C@H](Cc1ccccc1)NC(=O)[C@H](C)NC(=O)[C@H](C)NC(=O)OCc1ccccc1. The van der Waals surface area contributed by atoms with Crippen molar-refractivity contribution in [3.8, 4) is 5.75 Å². The molecule has 0 saturated heterocycles. The number of alkyl carbamates (subject to hydrolysis) is 1. The third-order valence-electron chi connectivity index (χ3n) is 7.10. The van der Waals surface area contributed by atoms with Crippen LogP contribution in [0.15, 0.2) is 78.9 Å². The quantitative estimate of drug-likeness (QED) is 0.0906. The van der Waals surface area contributed by atoms with Crippen LogP contribution in [0.25, 0.3) is 0 Å². The molecule has 0 aromatic heterocycles. The van der Waals surface area contributed by atoms with E-state index in [1.54, 1.807) is 54.6 Å². The van der Waals surface area contributed by atoms with Gasteiger partial charge >= 0.3 is 12.1 Å². The molecule has 3 rings (SSSR count). The highest BCUT2D eigenvalue weighted by molar-refractivity contribution is 5.94. The van der Waals surface area contributed by atoms with Gasteiger partial charge in [0.15, 0.2) is 0 Å². The predicted molar refractivity (Wildman–Crippen MR) is 171 cm³/mol. The molecule has 48 heavy (non-hydrogen) atoms. The minimum absolute atomic E-state index is 0.00659. The van der Waals surface area contributed by atoms with Crippen LogP contribution in [0.4, 0.5) is 10.5 Å². The summed E-state index contributed by atoms with van der Waals surface area (Å²) >= 11 is 0. The first-order chi connectivity index (χ1) is 22.9. The zero-order chi connectivity index (χ0) is 35.2. The molecule has 4 atom stereocenters. The number of carbonyl (C=O) groups is 5. The topological polar surface area (TPSA) is 215 Å². The van der Waals surface area contributed by atoms with Crippen LogP contribution in [-0.4, -0.2) is 71.1 Å². The summed E-state index contributed by atoms with van der Waals surface area (Å²) in [5, 5.41) is 31.2. The second-order valence-corrected chi connectivity index (χ2v) is 10.8. The smallest absolute Gasteiger partial charge is 0.408 e. The van der Waals surface area contributed by atoms with Gasteiger partial charge in [0.2, 0.25) is 17.7 Å². The van der Waals surface area contributed by atoms with E-state index in [2.05, 4.69) is 21.3 Å². The van der Waals surface area contributed by atoms with Crippen LogP contribution < -0.4 is 21.3 Å². The monoisotopic (exact) mass is 663 g/mol. The average Bonchev–Trinajstić information content (AvgIpc) is 3.07. The van der Waals surface area contributed by atoms with Crippen molar-refractivity contribution in [1.29, 1.82) is 0 Å². The van der Waals surface area contributed by atoms with Crippen molar-refractivity contribution < 1.29 is 43.5 Å². The van der Waals surface area contributed by atoms with Gasteiger partial charge in [-0.3, -0.25) is 24.5 Å². The van der Waals surface area contributed by atoms with E-state index in [-0.39, 0.29) is 30.8 Å². The molecule has 3 aromatic carbocycles. The molecule has 254 valence electrons. The fourth-order valence-corrected chi connectivity index (χ4v) is 4.49. The lowest BCUT2D eigenvalue weighted by Crippen LogP contribution is -2.57. The van der Waals surface area contributed by atoms with Crippen molar-refractivity contribution in [2.75, 3.05) is 7.11 Å². The van der Waals surface area contributed by atoms with E-state index in [1.165, 1.54) is 26.0 Å². The molecule has 5 N–H and O–H groups in total. The summed E-state index contributed by atoms with van der Waals surface area (Å²) < 4.78 is 9.93. The Morgan fingerprint density at radius 3 is 1.92 bits per heavy atom. The number of nitrogens with zero attached hydrogens (tertiary/aromatic N) is 1. The van der Waals surface area contributed by atoms with Crippen molar-refractivity contribution in [3.05, 3.63) is 106 Å². The van der Waals surface area contributed by atoms with Gasteiger partial charge < -0.3 is 35.8 Å². The fraction of sp³-hybridized carbons (Fsp3) is 0.303. The minimum atomic E-state index is -1.40. The molecule has 15 heteroatoms. The van der Waals surface area contributed by atoms with Gasteiger partial charge in [0.1, 0.15) is 36.5 Å². The van der Waals surface area contributed by atoms with Crippen LogP contribution in [-0.2, 0) is 48.1 Å². The van der Waals surface area contributed by atoms with Crippen LogP contribution in [0.5, 0.6) is 5.75 Å². The minimum Gasteiger partial charge on any atom is -0.508 e. The highest BCUT2D eigenvalue weighted by Gasteiger charge is 2.31. The number of amides is 4. The summed E-state index contributed by atoms with van der Waals surface area (Å²) in [7, 11) is 1.08. The van der Waals surface area contributed by atoms with E-state index in [0.29, 0.717) is 5.56 Å².